The second-order valence-corrected chi connectivity index (χ2v) is 9.26. The van der Waals surface area contributed by atoms with Crippen molar-refractivity contribution in [1.82, 2.24) is 10.2 Å². The van der Waals surface area contributed by atoms with E-state index in [2.05, 4.69) is 12.2 Å². The van der Waals surface area contributed by atoms with Crippen molar-refractivity contribution in [3.8, 4) is 0 Å². The van der Waals surface area contributed by atoms with Gasteiger partial charge in [-0.25, -0.2) is 0 Å². The first-order valence-corrected chi connectivity index (χ1v) is 11.3. The van der Waals surface area contributed by atoms with E-state index in [-0.39, 0.29) is 43.5 Å². The van der Waals surface area contributed by atoms with Gasteiger partial charge in [0, 0.05) is 19.2 Å². The first-order chi connectivity index (χ1) is 14.2. The van der Waals surface area contributed by atoms with E-state index >= 15 is 0 Å². The van der Waals surface area contributed by atoms with Crippen molar-refractivity contribution >= 4 is 17.8 Å². The molecular weight excluding hydrogens is 388 g/mol. The minimum Gasteiger partial charge on any atom is -0.466 e. The predicted molar refractivity (Wildman–Crippen MR) is 109 cm³/mol. The Bertz CT molecular complexity index is 699. The number of ether oxygens (including phenoxy) is 2. The molecule has 8 nitrogen and oxygen atoms in total. The third kappa shape index (κ3) is 3.32. The van der Waals surface area contributed by atoms with E-state index in [4.69, 9.17) is 9.47 Å². The maximum atomic E-state index is 13.5. The lowest BCUT2D eigenvalue weighted by Gasteiger charge is -2.36. The smallest absolute Gasteiger partial charge is 0.312 e. The summed E-state index contributed by atoms with van der Waals surface area (Å²) >= 11 is 0. The number of rotatable bonds is 9. The summed E-state index contributed by atoms with van der Waals surface area (Å²) in [4.78, 5) is 41.4. The topological polar surface area (TPSA) is 105 Å². The highest BCUT2D eigenvalue weighted by Crippen LogP contribution is 2.65. The largest absolute Gasteiger partial charge is 0.466 e. The molecule has 3 aliphatic heterocycles. The summed E-state index contributed by atoms with van der Waals surface area (Å²) in [5.74, 6) is -2.41. The van der Waals surface area contributed by atoms with Crippen LogP contribution in [0, 0.1) is 17.8 Å². The molecule has 3 aliphatic rings. The van der Waals surface area contributed by atoms with E-state index in [0.717, 1.165) is 12.8 Å². The molecule has 0 aromatic heterocycles. The Balaban J connectivity index is 2.02. The number of carbonyl (C=O) groups excluding carboxylic acids is 3. The zero-order valence-electron chi connectivity index (χ0n) is 18.8. The minimum atomic E-state index is -1.05. The van der Waals surface area contributed by atoms with Crippen LogP contribution in [0.15, 0.2) is 0 Å². The molecule has 3 fully saturated rings. The van der Waals surface area contributed by atoms with Crippen LogP contribution in [0.4, 0.5) is 0 Å². The van der Waals surface area contributed by atoms with Crippen molar-refractivity contribution in [1.29, 1.82) is 0 Å². The molecule has 2 bridgehead atoms. The van der Waals surface area contributed by atoms with Crippen LogP contribution in [0.3, 0.4) is 0 Å². The molecule has 0 aliphatic carbocycles. The molecule has 0 radical (unpaired) electrons. The van der Waals surface area contributed by atoms with Gasteiger partial charge in [-0.15, -0.1) is 0 Å². The van der Waals surface area contributed by atoms with Gasteiger partial charge in [-0.2, -0.15) is 0 Å². The van der Waals surface area contributed by atoms with Gasteiger partial charge in [-0.05, 0) is 46.0 Å². The number of carbonyl (C=O) groups is 3. The summed E-state index contributed by atoms with van der Waals surface area (Å²) in [6, 6.07) is -0.843. The monoisotopic (exact) mass is 424 g/mol. The highest BCUT2D eigenvalue weighted by Gasteiger charge is 2.80. The molecule has 0 aromatic carbocycles. The molecule has 7 atom stereocenters. The van der Waals surface area contributed by atoms with Crippen molar-refractivity contribution < 1.29 is 29.0 Å². The molecule has 0 aromatic rings. The predicted octanol–water partition coefficient (Wildman–Crippen LogP) is 1.25. The number of nitrogens with zero attached hydrogens (tertiary/aromatic N) is 1. The van der Waals surface area contributed by atoms with Crippen LogP contribution in [0.5, 0.6) is 0 Å². The molecule has 3 rings (SSSR count). The molecule has 3 heterocycles. The van der Waals surface area contributed by atoms with E-state index in [1.165, 1.54) is 4.90 Å². The molecule has 2 amide bonds. The Morgan fingerprint density at radius 3 is 2.70 bits per heavy atom. The van der Waals surface area contributed by atoms with Gasteiger partial charge in [0.15, 0.2) is 0 Å². The maximum absolute atomic E-state index is 13.5. The standard InChI is InChI=1S/C22H36N2O6/c1-6-9-14(4)23-18(26)17-22-12-13(3)21(5,30-22)16(20(28)29-7-2)15(22)19(27)24(17)10-8-11-25/h13-17,25H,6-12H2,1-5H3,(H,23,26)/t13?,14?,15-,16-,17?,21+,22?/m0/s1. The quantitative estimate of drug-likeness (QED) is 0.540. The molecule has 0 saturated carbocycles. The molecular formula is C22H36N2O6. The third-order valence-corrected chi connectivity index (χ3v) is 7.27. The van der Waals surface area contributed by atoms with Gasteiger partial charge in [0.1, 0.15) is 17.6 Å². The Labute approximate surface area is 178 Å². The average Bonchev–Trinajstić information content (AvgIpc) is 3.17. The molecule has 4 unspecified atom stereocenters. The fourth-order valence-electron chi connectivity index (χ4n) is 5.94. The van der Waals surface area contributed by atoms with Crippen LogP contribution in [-0.4, -0.2) is 70.8 Å². The Morgan fingerprint density at radius 1 is 1.40 bits per heavy atom. The van der Waals surface area contributed by atoms with Crippen molar-refractivity contribution in [3.05, 3.63) is 0 Å². The highest BCUT2D eigenvalue weighted by molar-refractivity contribution is 5.98. The summed E-state index contributed by atoms with van der Waals surface area (Å²) in [5.41, 5.74) is -1.89. The average molecular weight is 425 g/mol. The number of hydrogen-bond acceptors (Lipinski definition) is 6. The number of fused-ring (bicyclic) bond motifs is 1. The zero-order valence-corrected chi connectivity index (χ0v) is 18.8. The summed E-state index contributed by atoms with van der Waals surface area (Å²) in [7, 11) is 0. The van der Waals surface area contributed by atoms with Crippen LogP contribution < -0.4 is 5.32 Å². The number of aliphatic hydroxyl groups excluding tert-OH is 1. The number of amides is 2. The molecule has 30 heavy (non-hydrogen) atoms. The van der Waals surface area contributed by atoms with E-state index in [9.17, 15) is 19.5 Å². The number of nitrogens with one attached hydrogen (secondary N) is 1. The molecule has 3 saturated heterocycles. The second-order valence-electron chi connectivity index (χ2n) is 9.26. The van der Waals surface area contributed by atoms with Crippen molar-refractivity contribution in [2.45, 2.75) is 83.6 Å². The molecule has 8 heteroatoms. The second kappa shape index (κ2) is 8.46. The lowest BCUT2D eigenvalue weighted by molar-refractivity contribution is -0.161. The van der Waals surface area contributed by atoms with Crippen LogP contribution in [-0.2, 0) is 23.9 Å². The first kappa shape index (κ1) is 23.0. The lowest BCUT2D eigenvalue weighted by atomic mass is 9.62. The van der Waals surface area contributed by atoms with Gasteiger partial charge in [0.05, 0.1) is 18.1 Å². The fourth-order valence-corrected chi connectivity index (χ4v) is 5.94. The first-order valence-electron chi connectivity index (χ1n) is 11.3. The third-order valence-electron chi connectivity index (χ3n) is 7.27. The number of aliphatic hydroxyl groups is 1. The minimum absolute atomic E-state index is 0.00267. The van der Waals surface area contributed by atoms with Crippen LogP contribution in [0.25, 0.3) is 0 Å². The van der Waals surface area contributed by atoms with Gasteiger partial charge >= 0.3 is 5.97 Å². The normalized spacial score (nSPS) is 37.9. The SMILES string of the molecule is CCCC(C)NC(=O)C1N(CCCO)C(=O)[C@@H]2[C@@H](C(=O)OCC)[C@]3(C)OC12CC3C. The van der Waals surface area contributed by atoms with Crippen LogP contribution >= 0.6 is 0 Å². The van der Waals surface area contributed by atoms with Crippen molar-refractivity contribution in [2.75, 3.05) is 19.8 Å². The summed E-state index contributed by atoms with van der Waals surface area (Å²) in [6.45, 7) is 10.0. The zero-order chi connectivity index (χ0) is 22.3. The van der Waals surface area contributed by atoms with Crippen molar-refractivity contribution in [2.24, 2.45) is 17.8 Å². The summed E-state index contributed by atoms with van der Waals surface area (Å²) < 4.78 is 11.9. The van der Waals surface area contributed by atoms with E-state index in [1.54, 1.807) is 6.92 Å². The van der Waals surface area contributed by atoms with Gasteiger partial charge in [0.2, 0.25) is 11.8 Å². The Kier molecular flexibility index (Phi) is 6.49. The van der Waals surface area contributed by atoms with Gasteiger partial charge in [-0.1, -0.05) is 20.3 Å². The number of hydrogen-bond donors (Lipinski definition) is 2. The van der Waals surface area contributed by atoms with Gasteiger partial charge in [-0.3, -0.25) is 14.4 Å². The molecule has 2 N–H and O–H groups in total. The van der Waals surface area contributed by atoms with Gasteiger partial charge < -0.3 is 24.8 Å². The summed E-state index contributed by atoms with van der Waals surface area (Å²) in [5, 5.41) is 12.4. The van der Waals surface area contributed by atoms with Crippen molar-refractivity contribution in [3.63, 3.8) is 0 Å². The highest BCUT2D eigenvalue weighted by atomic mass is 16.6. The Hall–Kier alpha value is -1.67. The summed E-state index contributed by atoms with van der Waals surface area (Å²) in [6.07, 6.45) is 2.66. The van der Waals surface area contributed by atoms with E-state index in [0.29, 0.717) is 12.8 Å². The molecule has 170 valence electrons. The lowest BCUT2D eigenvalue weighted by Crippen LogP contribution is -2.57. The maximum Gasteiger partial charge on any atom is 0.312 e. The van der Waals surface area contributed by atoms with E-state index < -0.39 is 35.0 Å². The van der Waals surface area contributed by atoms with E-state index in [1.807, 2.05) is 20.8 Å². The van der Waals surface area contributed by atoms with Gasteiger partial charge in [0.25, 0.3) is 0 Å². The van der Waals surface area contributed by atoms with Crippen LogP contribution in [0.2, 0.25) is 0 Å². The Morgan fingerprint density at radius 2 is 2.10 bits per heavy atom. The molecule has 1 spiro atoms. The number of esters is 1. The van der Waals surface area contributed by atoms with Crippen LogP contribution in [0.1, 0.15) is 60.3 Å². The number of likely N-dealkylation sites (tertiary alicyclic amines) is 1. The fraction of sp³-hybridized carbons (Fsp3) is 0.864.